The van der Waals surface area contributed by atoms with E-state index in [-0.39, 0.29) is 0 Å². The van der Waals surface area contributed by atoms with Gasteiger partial charge in [0, 0.05) is 0 Å². The van der Waals surface area contributed by atoms with E-state index in [0.717, 1.165) is 13.1 Å². The summed E-state index contributed by atoms with van der Waals surface area (Å²) in [6.07, 6.45) is 6.96. The predicted molar refractivity (Wildman–Crippen MR) is 96.8 cm³/mol. The van der Waals surface area contributed by atoms with Gasteiger partial charge in [0.05, 0.1) is 6.04 Å². The molecule has 0 spiro atoms. The maximum Gasteiger partial charge on any atom is 0.0534 e. The first kappa shape index (κ1) is 16.5. The molecule has 2 aromatic rings. The van der Waals surface area contributed by atoms with E-state index >= 15 is 0 Å². The highest BCUT2D eigenvalue weighted by atomic mass is 15.1. The van der Waals surface area contributed by atoms with E-state index in [2.05, 4.69) is 91.6 Å². The maximum atomic E-state index is 2.58. The lowest BCUT2D eigenvalue weighted by Crippen LogP contribution is -2.29. The topological polar surface area (TPSA) is 3.24 Å². The molecule has 0 aliphatic carbocycles. The highest BCUT2D eigenvalue weighted by Gasteiger charge is 2.16. The standard InChI is InChI=1S/C21H27N/c1-3-17-22(18-4-2)21(20-13-9-6-10-14-20)16-15-19-11-7-5-8-12-19/h5-16,21H,3-4,17-18H2,1-2H3/b16-15+/t21-/m1/s1. The van der Waals surface area contributed by atoms with E-state index in [9.17, 15) is 0 Å². The molecule has 0 radical (unpaired) electrons. The van der Waals surface area contributed by atoms with Crippen LogP contribution in [0, 0.1) is 0 Å². The molecule has 0 aromatic heterocycles. The molecule has 22 heavy (non-hydrogen) atoms. The van der Waals surface area contributed by atoms with Gasteiger partial charge in [-0.05, 0) is 37.1 Å². The molecule has 1 heteroatoms. The second-order valence-electron chi connectivity index (χ2n) is 5.66. The number of nitrogens with zero attached hydrogens (tertiary/aromatic N) is 1. The van der Waals surface area contributed by atoms with E-state index in [1.165, 1.54) is 24.0 Å². The minimum absolute atomic E-state index is 0.348. The third-order valence-electron chi connectivity index (χ3n) is 3.83. The van der Waals surface area contributed by atoms with Gasteiger partial charge >= 0.3 is 0 Å². The van der Waals surface area contributed by atoms with Gasteiger partial charge in [0.15, 0.2) is 0 Å². The number of hydrogen-bond donors (Lipinski definition) is 0. The SMILES string of the molecule is CCCN(CCC)[C@H](/C=C/c1ccccc1)c1ccccc1. The van der Waals surface area contributed by atoms with Crippen LogP contribution in [0.3, 0.4) is 0 Å². The Hall–Kier alpha value is -1.86. The molecule has 0 fully saturated rings. The zero-order chi connectivity index (χ0) is 15.6. The van der Waals surface area contributed by atoms with Crippen LogP contribution in [-0.2, 0) is 0 Å². The second kappa shape index (κ2) is 9.22. The minimum Gasteiger partial charge on any atom is -0.293 e. The van der Waals surface area contributed by atoms with Gasteiger partial charge in [-0.3, -0.25) is 4.90 Å². The van der Waals surface area contributed by atoms with Gasteiger partial charge in [0.25, 0.3) is 0 Å². The lowest BCUT2D eigenvalue weighted by Gasteiger charge is -2.29. The normalized spacial score (nSPS) is 12.9. The van der Waals surface area contributed by atoms with Gasteiger partial charge in [0.2, 0.25) is 0 Å². The van der Waals surface area contributed by atoms with Gasteiger partial charge in [-0.25, -0.2) is 0 Å². The Morgan fingerprint density at radius 3 is 1.91 bits per heavy atom. The van der Waals surface area contributed by atoms with Gasteiger partial charge < -0.3 is 0 Å². The van der Waals surface area contributed by atoms with Crippen molar-refractivity contribution in [2.45, 2.75) is 32.7 Å². The van der Waals surface area contributed by atoms with Crippen LogP contribution in [0.25, 0.3) is 6.08 Å². The third kappa shape index (κ3) is 4.85. The van der Waals surface area contributed by atoms with Crippen LogP contribution in [0.1, 0.15) is 43.9 Å². The van der Waals surface area contributed by atoms with Crippen LogP contribution < -0.4 is 0 Å². The molecule has 116 valence electrons. The maximum absolute atomic E-state index is 2.58. The average Bonchev–Trinajstić information content (AvgIpc) is 2.57. The van der Waals surface area contributed by atoms with Gasteiger partial charge in [-0.1, -0.05) is 86.7 Å². The summed E-state index contributed by atoms with van der Waals surface area (Å²) in [7, 11) is 0. The minimum atomic E-state index is 0.348. The molecule has 0 aliphatic rings. The molecule has 0 saturated heterocycles. The van der Waals surface area contributed by atoms with Crippen molar-refractivity contribution >= 4 is 6.08 Å². The van der Waals surface area contributed by atoms with Gasteiger partial charge in [-0.15, -0.1) is 0 Å². The fraction of sp³-hybridized carbons (Fsp3) is 0.333. The summed E-state index contributed by atoms with van der Waals surface area (Å²) in [4.78, 5) is 2.58. The summed E-state index contributed by atoms with van der Waals surface area (Å²) in [6, 6.07) is 21.7. The molecule has 0 heterocycles. The van der Waals surface area contributed by atoms with E-state index in [0.29, 0.717) is 6.04 Å². The average molecular weight is 293 g/mol. The Bertz CT molecular complexity index is 539. The molecule has 0 amide bonds. The van der Waals surface area contributed by atoms with Crippen LogP contribution in [0.2, 0.25) is 0 Å². The lowest BCUT2D eigenvalue weighted by atomic mass is 10.0. The first-order valence-electron chi connectivity index (χ1n) is 8.37. The van der Waals surface area contributed by atoms with Crippen molar-refractivity contribution in [3.05, 3.63) is 77.9 Å². The lowest BCUT2D eigenvalue weighted by molar-refractivity contribution is 0.232. The molecule has 0 bridgehead atoms. The molecule has 0 aliphatic heterocycles. The number of benzene rings is 2. The zero-order valence-corrected chi connectivity index (χ0v) is 13.8. The molecular weight excluding hydrogens is 266 g/mol. The van der Waals surface area contributed by atoms with Crippen LogP contribution in [0.5, 0.6) is 0 Å². The predicted octanol–water partition coefficient (Wildman–Crippen LogP) is 5.56. The summed E-state index contributed by atoms with van der Waals surface area (Å²) >= 11 is 0. The van der Waals surface area contributed by atoms with E-state index in [4.69, 9.17) is 0 Å². The molecule has 0 unspecified atom stereocenters. The van der Waals surface area contributed by atoms with Crippen molar-refractivity contribution in [1.29, 1.82) is 0 Å². The fourth-order valence-corrected chi connectivity index (χ4v) is 2.82. The first-order chi connectivity index (χ1) is 10.8. The zero-order valence-electron chi connectivity index (χ0n) is 13.8. The van der Waals surface area contributed by atoms with Crippen LogP contribution in [0.15, 0.2) is 66.7 Å². The Morgan fingerprint density at radius 1 is 0.818 bits per heavy atom. The Morgan fingerprint density at radius 2 is 1.36 bits per heavy atom. The molecule has 0 N–H and O–H groups in total. The van der Waals surface area contributed by atoms with Gasteiger partial charge in [0.1, 0.15) is 0 Å². The highest BCUT2D eigenvalue weighted by Crippen LogP contribution is 2.24. The molecule has 1 nitrogen and oxygen atoms in total. The van der Waals surface area contributed by atoms with Crippen molar-refractivity contribution < 1.29 is 0 Å². The molecule has 0 saturated carbocycles. The van der Waals surface area contributed by atoms with Crippen LogP contribution in [0.4, 0.5) is 0 Å². The van der Waals surface area contributed by atoms with Crippen molar-refractivity contribution in [3.8, 4) is 0 Å². The fourth-order valence-electron chi connectivity index (χ4n) is 2.82. The Kier molecular flexibility index (Phi) is 6.92. The highest BCUT2D eigenvalue weighted by molar-refractivity contribution is 5.50. The van der Waals surface area contributed by atoms with E-state index < -0.39 is 0 Å². The summed E-state index contributed by atoms with van der Waals surface area (Å²) in [6.45, 7) is 6.77. The molecule has 2 rings (SSSR count). The summed E-state index contributed by atoms with van der Waals surface area (Å²) in [5.41, 5.74) is 2.63. The van der Waals surface area contributed by atoms with Crippen molar-refractivity contribution in [1.82, 2.24) is 4.90 Å². The smallest absolute Gasteiger partial charge is 0.0534 e. The number of rotatable bonds is 8. The summed E-state index contributed by atoms with van der Waals surface area (Å²) < 4.78 is 0. The van der Waals surface area contributed by atoms with Crippen molar-refractivity contribution in [3.63, 3.8) is 0 Å². The summed E-state index contributed by atoms with van der Waals surface area (Å²) in [5, 5.41) is 0. The second-order valence-corrected chi connectivity index (χ2v) is 5.66. The Balaban J connectivity index is 2.26. The Labute approximate surface area is 135 Å². The van der Waals surface area contributed by atoms with Crippen LogP contribution >= 0.6 is 0 Å². The first-order valence-corrected chi connectivity index (χ1v) is 8.37. The number of hydrogen-bond acceptors (Lipinski definition) is 1. The third-order valence-corrected chi connectivity index (χ3v) is 3.83. The van der Waals surface area contributed by atoms with E-state index in [1.54, 1.807) is 0 Å². The molecular formula is C21H27N. The van der Waals surface area contributed by atoms with Crippen molar-refractivity contribution in [2.75, 3.05) is 13.1 Å². The monoisotopic (exact) mass is 293 g/mol. The van der Waals surface area contributed by atoms with Crippen LogP contribution in [-0.4, -0.2) is 18.0 Å². The summed E-state index contributed by atoms with van der Waals surface area (Å²) in [5.74, 6) is 0. The van der Waals surface area contributed by atoms with Crippen molar-refractivity contribution in [2.24, 2.45) is 0 Å². The van der Waals surface area contributed by atoms with E-state index in [1.807, 2.05) is 0 Å². The molecule has 1 atom stereocenters. The molecule has 2 aromatic carbocycles. The van der Waals surface area contributed by atoms with Gasteiger partial charge in [-0.2, -0.15) is 0 Å². The largest absolute Gasteiger partial charge is 0.293 e. The quantitative estimate of drug-likeness (QED) is 0.615.